The van der Waals surface area contributed by atoms with Gasteiger partial charge in [0.15, 0.2) is 12.4 Å². The highest BCUT2D eigenvalue weighted by Crippen LogP contribution is 2.26. The Morgan fingerprint density at radius 1 is 1.10 bits per heavy atom. The number of nitrogens with zero attached hydrogens (tertiary/aromatic N) is 3. The van der Waals surface area contributed by atoms with Crippen LogP contribution in [0.1, 0.15) is 49.7 Å². The average molecular weight is 399 g/mol. The lowest BCUT2D eigenvalue weighted by Crippen LogP contribution is -2.41. The summed E-state index contributed by atoms with van der Waals surface area (Å²) in [7, 11) is 0. The van der Waals surface area contributed by atoms with Crippen LogP contribution in [0.4, 0.5) is 0 Å². The molecule has 0 saturated carbocycles. The fraction of sp³-hybridized carbons (Fsp3) is 0.591. The number of aromatic nitrogens is 2. The Kier molecular flexibility index (Phi) is 6.77. The zero-order valence-corrected chi connectivity index (χ0v) is 16.8. The molecule has 4 rings (SSSR count). The van der Waals surface area contributed by atoms with Crippen molar-refractivity contribution in [2.45, 2.75) is 44.4 Å². The maximum atomic E-state index is 12.4. The number of rotatable bonds is 7. The molecule has 1 aromatic carbocycles. The van der Waals surface area contributed by atoms with E-state index in [9.17, 15) is 4.79 Å². The normalized spacial score (nSPS) is 18.7. The third-order valence-corrected chi connectivity index (χ3v) is 5.90. The summed E-state index contributed by atoms with van der Waals surface area (Å²) in [5.74, 6) is 3.31. The third-order valence-electron chi connectivity index (χ3n) is 5.90. The minimum Gasteiger partial charge on any atom is -0.484 e. The molecule has 29 heavy (non-hydrogen) atoms. The number of para-hydroxylation sites is 1. The minimum atomic E-state index is 0.0616. The molecule has 1 amide bonds. The van der Waals surface area contributed by atoms with Crippen LogP contribution in [0.2, 0.25) is 0 Å². The van der Waals surface area contributed by atoms with Crippen LogP contribution in [0, 0.1) is 5.92 Å². The second kappa shape index (κ2) is 9.87. The van der Waals surface area contributed by atoms with E-state index in [2.05, 4.69) is 10.1 Å². The van der Waals surface area contributed by atoms with Gasteiger partial charge in [-0.2, -0.15) is 4.98 Å². The van der Waals surface area contributed by atoms with Crippen LogP contribution in [-0.4, -0.2) is 53.9 Å². The van der Waals surface area contributed by atoms with Crippen LogP contribution in [0.25, 0.3) is 0 Å². The number of likely N-dealkylation sites (tertiary alicyclic amines) is 1. The molecule has 7 heteroatoms. The van der Waals surface area contributed by atoms with Gasteiger partial charge in [0, 0.05) is 38.6 Å². The number of carbonyl (C=O) groups excluding carboxylic acids is 1. The van der Waals surface area contributed by atoms with Crippen molar-refractivity contribution in [2.75, 3.05) is 32.9 Å². The van der Waals surface area contributed by atoms with E-state index in [0.29, 0.717) is 11.8 Å². The van der Waals surface area contributed by atoms with E-state index in [1.807, 2.05) is 35.2 Å². The summed E-state index contributed by atoms with van der Waals surface area (Å²) in [6.45, 7) is 3.24. The van der Waals surface area contributed by atoms with Gasteiger partial charge in [0.2, 0.25) is 5.89 Å². The first-order valence-electron chi connectivity index (χ1n) is 10.6. The summed E-state index contributed by atoms with van der Waals surface area (Å²) in [6, 6.07) is 9.47. The molecule has 0 bridgehead atoms. The number of carbonyl (C=O) groups is 1. The predicted octanol–water partition coefficient (Wildman–Crippen LogP) is 3.21. The summed E-state index contributed by atoms with van der Waals surface area (Å²) in [5, 5.41) is 4.16. The van der Waals surface area contributed by atoms with Crippen LogP contribution >= 0.6 is 0 Å². The standard InChI is InChI=1S/C22H29N3O4/c26-21(16-28-19-4-2-1-3-5-19)25-12-8-17(9-13-25)6-7-20-23-22(29-24-20)18-10-14-27-15-11-18/h1-5,17-18H,6-16H2. The fourth-order valence-corrected chi connectivity index (χ4v) is 4.04. The Morgan fingerprint density at radius 2 is 1.86 bits per heavy atom. The molecule has 1 aromatic heterocycles. The smallest absolute Gasteiger partial charge is 0.260 e. The van der Waals surface area contributed by atoms with Gasteiger partial charge in [-0.25, -0.2) is 0 Å². The molecule has 0 N–H and O–H groups in total. The number of benzene rings is 1. The van der Waals surface area contributed by atoms with E-state index in [-0.39, 0.29) is 12.5 Å². The van der Waals surface area contributed by atoms with Crippen molar-refractivity contribution in [1.82, 2.24) is 15.0 Å². The Labute approximate surface area is 171 Å². The highest BCUT2D eigenvalue weighted by Gasteiger charge is 2.25. The zero-order chi connectivity index (χ0) is 19.9. The average Bonchev–Trinajstić information content (AvgIpc) is 3.27. The molecule has 2 aromatic rings. The topological polar surface area (TPSA) is 77.7 Å². The van der Waals surface area contributed by atoms with Crippen molar-refractivity contribution in [2.24, 2.45) is 5.92 Å². The van der Waals surface area contributed by atoms with Crippen LogP contribution in [0.5, 0.6) is 5.75 Å². The number of piperidine rings is 1. The minimum absolute atomic E-state index is 0.0616. The van der Waals surface area contributed by atoms with E-state index in [1.165, 1.54) is 0 Å². The van der Waals surface area contributed by atoms with Crippen LogP contribution in [0.3, 0.4) is 0 Å². The summed E-state index contributed by atoms with van der Waals surface area (Å²) in [4.78, 5) is 18.9. The SMILES string of the molecule is O=C(COc1ccccc1)N1CCC(CCc2noc(C3CCOCC3)n2)CC1. The van der Waals surface area contributed by atoms with Crippen LogP contribution < -0.4 is 4.74 Å². The van der Waals surface area contributed by atoms with Gasteiger partial charge < -0.3 is 18.9 Å². The maximum Gasteiger partial charge on any atom is 0.260 e. The van der Waals surface area contributed by atoms with E-state index in [4.69, 9.17) is 14.0 Å². The van der Waals surface area contributed by atoms with Crippen LogP contribution in [-0.2, 0) is 16.0 Å². The largest absolute Gasteiger partial charge is 0.484 e. The van der Waals surface area contributed by atoms with Gasteiger partial charge in [-0.15, -0.1) is 0 Å². The quantitative estimate of drug-likeness (QED) is 0.711. The summed E-state index contributed by atoms with van der Waals surface area (Å²) >= 11 is 0. The number of hydrogen-bond donors (Lipinski definition) is 0. The van der Waals surface area contributed by atoms with Crippen molar-refractivity contribution in [3.8, 4) is 5.75 Å². The molecular weight excluding hydrogens is 370 g/mol. The summed E-state index contributed by atoms with van der Waals surface area (Å²) in [5.41, 5.74) is 0. The maximum absolute atomic E-state index is 12.4. The van der Waals surface area contributed by atoms with E-state index in [0.717, 1.165) is 82.3 Å². The molecule has 2 aliphatic rings. The van der Waals surface area contributed by atoms with E-state index >= 15 is 0 Å². The zero-order valence-electron chi connectivity index (χ0n) is 16.8. The lowest BCUT2D eigenvalue weighted by Gasteiger charge is -2.31. The number of ether oxygens (including phenoxy) is 2. The lowest BCUT2D eigenvalue weighted by molar-refractivity contribution is -0.134. The first-order chi connectivity index (χ1) is 14.3. The van der Waals surface area contributed by atoms with Crippen molar-refractivity contribution < 1.29 is 18.8 Å². The lowest BCUT2D eigenvalue weighted by atomic mass is 9.92. The fourth-order valence-electron chi connectivity index (χ4n) is 4.04. The van der Waals surface area contributed by atoms with Crippen molar-refractivity contribution in [3.63, 3.8) is 0 Å². The van der Waals surface area contributed by atoms with Crippen LogP contribution in [0.15, 0.2) is 34.9 Å². The molecule has 2 aliphatic heterocycles. The van der Waals surface area contributed by atoms with E-state index in [1.54, 1.807) is 0 Å². The molecule has 0 radical (unpaired) electrons. The van der Waals surface area contributed by atoms with Gasteiger partial charge in [0.1, 0.15) is 5.75 Å². The van der Waals surface area contributed by atoms with Gasteiger partial charge in [-0.3, -0.25) is 4.79 Å². The second-order valence-corrected chi connectivity index (χ2v) is 7.90. The Balaban J connectivity index is 1.16. The van der Waals surface area contributed by atoms with Gasteiger partial charge in [0.25, 0.3) is 5.91 Å². The Hall–Kier alpha value is -2.41. The van der Waals surface area contributed by atoms with Gasteiger partial charge in [0.05, 0.1) is 0 Å². The predicted molar refractivity (Wildman–Crippen MR) is 107 cm³/mol. The monoisotopic (exact) mass is 399 g/mol. The molecule has 0 atom stereocenters. The summed E-state index contributed by atoms with van der Waals surface area (Å²) in [6.07, 6.45) is 5.82. The van der Waals surface area contributed by atoms with Crippen molar-refractivity contribution in [1.29, 1.82) is 0 Å². The molecule has 2 fully saturated rings. The van der Waals surface area contributed by atoms with Gasteiger partial charge in [-0.05, 0) is 50.2 Å². The van der Waals surface area contributed by atoms with Crippen molar-refractivity contribution >= 4 is 5.91 Å². The van der Waals surface area contributed by atoms with Gasteiger partial charge >= 0.3 is 0 Å². The molecule has 7 nitrogen and oxygen atoms in total. The molecule has 2 saturated heterocycles. The molecular formula is C22H29N3O4. The molecule has 3 heterocycles. The molecule has 0 aliphatic carbocycles. The second-order valence-electron chi connectivity index (χ2n) is 7.90. The number of amides is 1. The first kappa shape index (κ1) is 19.9. The summed E-state index contributed by atoms with van der Waals surface area (Å²) < 4.78 is 16.4. The Bertz CT molecular complexity index is 765. The third kappa shape index (κ3) is 5.56. The number of hydrogen-bond acceptors (Lipinski definition) is 6. The molecule has 0 spiro atoms. The highest BCUT2D eigenvalue weighted by atomic mass is 16.5. The number of aryl methyl sites for hydroxylation is 1. The van der Waals surface area contributed by atoms with Gasteiger partial charge in [-0.1, -0.05) is 23.4 Å². The first-order valence-corrected chi connectivity index (χ1v) is 10.6. The molecule has 156 valence electrons. The van der Waals surface area contributed by atoms with E-state index < -0.39 is 0 Å². The van der Waals surface area contributed by atoms with Crippen molar-refractivity contribution in [3.05, 3.63) is 42.0 Å². The Morgan fingerprint density at radius 3 is 2.62 bits per heavy atom. The molecule has 0 unspecified atom stereocenters. The highest BCUT2D eigenvalue weighted by molar-refractivity contribution is 5.77.